The maximum atomic E-state index is 11.9. The van der Waals surface area contributed by atoms with Gasteiger partial charge in [0.15, 0.2) is 0 Å². The van der Waals surface area contributed by atoms with E-state index in [9.17, 15) is 4.79 Å². The van der Waals surface area contributed by atoms with E-state index in [4.69, 9.17) is 0 Å². The van der Waals surface area contributed by atoms with Gasteiger partial charge in [0.05, 0.1) is 0 Å². The first-order valence-electron chi connectivity index (χ1n) is 6.22. The first-order chi connectivity index (χ1) is 7.83. The van der Waals surface area contributed by atoms with Crippen molar-refractivity contribution >= 4 is 11.6 Å². The standard InChI is InChI=1S/C15H23NO/c1-6-12-11(2)8-7-9-13(12)16-14(17)10-15(3,4)5/h7-9H,6,10H2,1-5H3,(H,16,17). The van der Waals surface area contributed by atoms with E-state index in [0.717, 1.165) is 12.1 Å². The number of amides is 1. The Bertz CT molecular complexity index is 402. The van der Waals surface area contributed by atoms with Gasteiger partial charge in [-0.2, -0.15) is 0 Å². The van der Waals surface area contributed by atoms with Gasteiger partial charge in [-0.25, -0.2) is 0 Å². The molecular formula is C15H23NO. The van der Waals surface area contributed by atoms with E-state index in [1.54, 1.807) is 0 Å². The van der Waals surface area contributed by atoms with Gasteiger partial charge in [0.1, 0.15) is 0 Å². The van der Waals surface area contributed by atoms with Crippen LogP contribution in [0.15, 0.2) is 18.2 Å². The van der Waals surface area contributed by atoms with Gasteiger partial charge in [0.25, 0.3) is 0 Å². The largest absolute Gasteiger partial charge is 0.326 e. The van der Waals surface area contributed by atoms with Gasteiger partial charge in [-0.05, 0) is 36.0 Å². The van der Waals surface area contributed by atoms with Crippen molar-refractivity contribution in [2.75, 3.05) is 5.32 Å². The second-order valence-corrected chi connectivity index (χ2v) is 5.74. The van der Waals surface area contributed by atoms with Crippen molar-refractivity contribution in [3.05, 3.63) is 29.3 Å². The SMILES string of the molecule is CCc1c(C)cccc1NC(=O)CC(C)(C)C. The molecule has 0 unspecified atom stereocenters. The molecule has 94 valence electrons. The van der Waals surface area contributed by atoms with Crippen LogP contribution in [0.1, 0.15) is 45.2 Å². The third-order valence-electron chi connectivity index (χ3n) is 2.73. The number of nitrogens with one attached hydrogen (secondary N) is 1. The Labute approximate surface area is 104 Å². The minimum Gasteiger partial charge on any atom is -0.326 e. The Balaban J connectivity index is 2.82. The van der Waals surface area contributed by atoms with Crippen LogP contribution in [0.5, 0.6) is 0 Å². The maximum absolute atomic E-state index is 11.9. The highest BCUT2D eigenvalue weighted by Crippen LogP contribution is 2.23. The van der Waals surface area contributed by atoms with Crippen molar-refractivity contribution in [1.29, 1.82) is 0 Å². The summed E-state index contributed by atoms with van der Waals surface area (Å²) in [4.78, 5) is 11.9. The molecule has 1 aromatic rings. The van der Waals surface area contributed by atoms with Crippen molar-refractivity contribution < 1.29 is 4.79 Å². The number of benzene rings is 1. The average Bonchev–Trinajstić information content (AvgIpc) is 2.14. The molecule has 2 heteroatoms. The minimum atomic E-state index is 0.0281. The molecule has 0 aliphatic rings. The summed E-state index contributed by atoms with van der Waals surface area (Å²) in [6.45, 7) is 10.4. The molecule has 0 aliphatic heterocycles. The van der Waals surface area contributed by atoms with Gasteiger partial charge in [-0.3, -0.25) is 4.79 Å². The number of hydrogen-bond donors (Lipinski definition) is 1. The highest BCUT2D eigenvalue weighted by atomic mass is 16.1. The third kappa shape index (κ3) is 4.22. The molecule has 0 bridgehead atoms. The third-order valence-corrected chi connectivity index (χ3v) is 2.73. The van der Waals surface area contributed by atoms with E-state index in [2.05, 4.69) is 46.0 Å². The number of aryl methyl sites for hydroxylation is 1. The summed E-state index contributed by atoms with van der Waals surface area (Å²) >= 11 is 0. The van der Waals surface area contributed by atoms with E-state index >= 15 is 0 Å². The molecular weight excluding hydrogens is 210 g/mol. The summed E-state index contributed by atoms with van der Waals surface area (Å²) in [6.07, 6.45) is 1.49. The molecule has 0 saturated heterocycles. The molecule has 0 fully saturated rings. The van der Waals surface area contributed by atoms with Gasteiger partial charge >= 0.3 is 0 Å². The van der Waals surface area contributed by atoms with Gasteiger partial charge in [-0.1, -0.05) is 39.8 Å². The Morgan fingerprint density at radius 1 is 1.29 bits per heavy atom. The Hall–Kier alpha value is -1.31. The zero-order valence-electron chi connectivity index (χ0n) is 11.6. The minimum absolute atomic E-state index is 0.0281. The normalized spacial score (nSPS) is 11.4. The van der Waals surface area contributed by atoms with Crippen LogP contribution in [-0.4, -0.2) is 5.91 Å². The molecule has 0 atom stereocenters. The van der Waals surface area contributed by atoms with Crippen LogP contribution in [0.4, 0.5) is 5.69 Å². The number of rotatable bonds is 3. The first kappa shape index (κ1) is 13.8. The Kier molecular flexibility index (Phi) is 4.33. The molecule has 0 radical (unpaired) electrons. The quantitative estimate of drug-likeness (QED) is 0.842. The summed E-state index contributed by atoms with van der Waals surface area (Å²) in [5.41, 5.74) is 3.46. The molecule has 0 spiro atoms. The van der Waals surface area contributed by atoms with E-state index in [1.165, 1.54) is 11.1 Å². The number of carbonyl (C=O) groups is 1. The van der Waals surface area contributed by atoms with Crippen molar-refractivity contribution in [3.63, 3.8) is 0 Å². The fourth-order valence-electron chi connectivity index (χ4n) is 1.96. The van der Waals surface area contributed by atoms with Gasteiger partial charge in [0.2, 0.25) is 5.91 Å². The molecule has 0 saturated carbocycles. The van der Waals surface area contributed by atoms with Crippen LogP contribution in [0, 0.1) is 12.3 Å². The average molecular weight is 233 g/mol. The van der Waals surface area contributed by atoms with E-state index in [-0.39, 0.29) is 11.3 Å². The molecule has 1 rings (SSSR count). The fourth-order valence-corrected chi connectivity index (χ4v) is 1.96. The van der Waals surface area contributed by atoms with Crippen LogP contribution >= 0.6 is 0 Å². The zero-order chi connectivity index (χ0) is 13.1. The topological polar surface area (TPSA) is 29.1 Å². The van der Waals surface area contributed by atoms with Crippen molar-refractivity contribution in [2.45, 2.75) is 47.5 Å². The molecule has 2 nitrogen and oxygen atoms in total. The smallest absolute Gasteiger partial charge is 0.224 e. The van der Waals surface area contributed by atoms with Crippen molar-refractivity contribution in [3.8, 4) is 0 Å². The van der Waals surface area contributed by atoms with Crippen molar-refractivity contribution in [1.82, 2.24) is 0 Å². The van der Waals surface area contributed by atoms with Gasteiger partial charge in [0, 0.05) is 12.1 Å². The monoisotopic (exact) mass is 233 g/mol. The second kappa shape index (κ2) is 5.35. The predicted molar refractivity (Wildman–Crippen MR) is 73.3 cm³/mol. The van der Waals surface area contributed by atoms with Gasteiger partial charge in [-0.15, -0.1) is 0 Å². The van der Waals surface area contributed by atoms with Gasteiger partial charge < -0.3 is 5.32 Å². The molecule has 0 heterocycles. The zero-order valence-corrected chi connectivity index (χ0v) is 11.6. The summed E-state index contributed by atoms with van der Waals surface area (Å²) in [7, 11) is 0. The maximum Gasteiger partial charge on any atom is 0.224 e. The highest BCUT2D eigenvalue weighted by molar-refractivity contribution is 5.92. The molecule has 1 aromatic carbocycles. The predicted octanol–water partition coefficient (Wildman–Crippen LogP) is 3.93. The number of carbonyl (C=O) groups excluding carboxylic acids is 1. The number of hydrogen-bond acceptors (Lipinski definition) is 1. The van der Waals surface area contributed by atoms with Crippen LogP contribution in [0.3, 0.4) is 0 Å². The van der Waals surface area contributed by atoms with Crippen molar-refractivity contribution in [2.24, 2.45) is 5.41 Å². The summed E-state index contributed by atoms with van der Waals surface area (Å²) in [5, 5.41) is 3.02. The molecule has 1 N–H and O–H groups in total. The van der Waals surface area contributed by atoms with E-state index in [1.807, 2.05) is 12.1 Å². The first-order valence-corrected chi connectivity index (χ1v) is 6.22. The Morgan fingerprint density at radius 3 is 2.47 bits per heavy atom. The summed E-state index contributed by atoms with van der Waals surface area (Å²) in [5.74, 6) is 0.0952. The van der Waals surface area contributed by atoms with E-state index < -0.39 is 0 Å². The molecule has 17 heavy (non-hydrogen) atoms. The summed E-state index contributed by atoms with van der Waals surface area (Å²) < 4.78 is 0. The highest BCUT2D eigenvalue weighted by Gasteiger charge is 2.16. The second-order valence-electron chi connectivity index (χ2n) is 5.74. The lowest BCUT2D eigenvalue weighted by Crippen LogP contribution is -2.20. The summed E-state index contributed by atoms with van der Waals surface area (Å²) in [6, 6.07) is 6.05. The van der Waals surface area contributed by atoms with Crippen LogP contribution in [-0.2, 0) is 11.2 Å². The number of anilines is 1. The van der Waals surface area contributed by atoms with Crippen LogP contribution in [0.2, 0.25) is 0 Å². The lowest BCUT2D eigenvalue weighted by atomic mass is 9.92. The van der Waals surface area contributed by atoms with Crippen LogP contribution in [0.25, 0.3) is 0 Å². The molecule has 0 aliphatic carbocycles. The fraction of sp³-hybridized carbons (Fsp3) is 0.533. The Morgan fingerprint density at radius 2 is 1.94 bits per heavy atom. The lowest BCUT2D eigenvalue weighted by Gasteiger charge is -2.18. The van der Waals surface area contributed by atoms with Crippen LogP contribution < -0.4 is 5.32 Å². The lowest BCUT2D eigenvalue weighted by molar-refractivity contribution is -0.117. The molecule has 1 amide bonds. The van der Waals surface area contributed by atoms with E-state index in [0.29, 0.717) is 6.42 Å². The molecule has 0 aromatic heterocycles.